The number of ether oxygens (including phenoxy) is 1. The molecule has 2 aromatic rings. The molecule has 1 saturated heterocycles. The van der Waals surface area contributed by atoms with E-state index < -0.39 is 11.1 Å². The van der Waals surface area contributed by atoms with Crippen molar-refractivity contribution in [3.05, 3.63) is 60.3 Å². The molecule has 0 spiro atoms. The van der Waals surface area contributed by atoms with Gasteiger partial charge >= 0.3 is 0 Å². The number of imide groups is 1. The molecule has 0 bridgehead atoms. The molecule has 0 aromatic heterocycles. The van der Waals surface area contributed by atoms with Gasteiger partial charge in [-0.1, -0.05) is 29.8 Å². The van der Waals surface area contributed by atoms with Crippen LogP contribution >= 0.6 is 55.2 Å². The van der Waals surface area contributed by atoms with Crippen LogP contribution in [0.25, 0.3) is 6.08 Å². The molecule has 3 rings (SSSR count). The van der Waals surface area contributed by atoms with Crippen molar-refractivity contribution in [3.8, 4) is 11.5 Å². The minimum absolute atomic E-state index is 0.0809. The average Bonchev–Trinajstić information content (AvgIpc) is 2.92. The molecule has 0 radical (unpaired) electrons. The Labute approximate surface area is 187 Å². The number of rotatable bonds is 5. The molecule has 9 heteroatoms. The van der Waals surface area contributed by atoms with Crippen molar-refractivity contribution in [1.29, 1.82) is 0 Å². The third-order valence-electron chi connectivity index (χ3n) is 3.93. The number of thioether (sulfide) groups is 1. The van der Waals surface area contributed by atoms with E-state index in [1.54, 1.807) is 37.3 Å². The van der Waals surface area contributed by atoms with Crippen molar-refractivity contribution in [1.82, 2.24) is 4.90 Å². The van der Waals surface area contributed by atoms with Gasteiger partial charge in [0.1, 0.15) is 0 Å². The Morgan fingerprint density at radius 2 is 2.00 bits per heavy atom. The van der Waals surface area contributed by atoms with Crippen LogP contribution in [0.1, 0.15) is 18.1 Å². The molecule has 0 saturated carbocycles. The summed E-state index contributed by atoms with van der Waals surface area (Å²) >= 11 is 13.7. The van der Waals surface area contributed by atoms with Gasteiger partial charge in [-0.2, -0.15) is 0 Å². The second-order valence-corrected chi connectivity index (χ2v) is 8.77. The van der Waals surface area contributed by atoms with Gasteiger partial charge in [-0.25, -0.2) is 0 Å². The number of phenols is 1. The molecule has 1 aliphatic heterocycles. The van der Waals surface area contributed by atoms with Gasteiger partial charge in [-0.3, -0.25) is 14.5 Å². The highest BCUT2D eigenvalue weighted by atomic mass is 79.9. The lowest BCUT2D eigenvalue weighted by Gasteiger charge is -2.14. The minimum atomic E-state index is -0.445. The summed E-state index contributed by atoms with van der Waals surface area (Å²) in [7, 11) is 0. The Kier molecular flexibility index (Phi) is 6.75. The number of carbonyl (C=O) groups is 2. The summed E-state index contributed by atoms with van der Waals surface area (Å²) in [4.78, 5) is 26.5. The number of carbonyl (C=O) groups excluding carboxylic acids is 2. The highest BCUT2D eigenvalue weighted by Crippen LogP contribution is 2.44. The van der Waals surface area contributed by atoms with E-state index in [4.69, 9.17) is 16.3 Å². The molecule has 5 nitrogen and oxygen atoms in total. The minimum Gasteiger partial charge on any atom is -0.504 e. The van der Waals surface area contributed by atoms with Crippen molar-refractivity contribution < 1.29 is 19.4 Å². The lowest BCUT2D eigenvalue weighted by Crippen LogP contribution is -2.27. The summed E-state index contributed by atoms with van der Waals surface area (Å²) in [5.41, 5.74) is 1.03. The van der Waals surface area contributed by atoms with E-state index in [9.17, 15) is 14.7 Å². The quantitative estimate of drug-likeness (QED) is 0.451. The van der Waals surface area contributed by atoms with E-state index in [2.05, 4.69) is 31.9 Å². The molecule has 2 amide bonds. The smallest absolute Gasteiger partial charge is 0.293 e. The van der Waals surface area contributed by atoms with Crippen molar-refractivity contribution in [2.24, 2.45) is 0 Å². The Morgan fingerprint density at radius 3 is 2.68 bits per heavy atom. The van der Waals surface area contributed by atoms with Crippen LogP contribution in [0, 0.1) is 0 Å². The maximum absolute atomic E-state index is 12.8. The monoisotopic (exact) mass is 545 g/mol. The number of benzene rings is 2. The summed E-state index contributed by atoms with van der Waals surface area (Å²) in [6.45, 7) is 2.25. The second kappa shape index (κ2) is 8.90. The zero-order chi connectivity index (χ0) is 20.4. The number of halogens is 3. The first-order valence-electron chi connectivity index (χ1n) is 8.16. The van der Waals surface area contributed by atoms with Crippen LogP contribution in [0.4, 0.5) is 4.79 Å². The number of aromatic hydroxyl groups is 1. The zero-order valence-electron chi connectivity index (χ0n) is 14.5. The van der Waals surface area contributed by atoms with E-state index in [-0.39, 0.29) is 22.9 Å². The summed E-state index contributed by atoms with van der Waals surface area (Å²) in [5.74, 6) is -0.284. The van der Waals surface area contributed by atoms with Gasteiger partial charge in [-0.15, -0.1) is 0 Å². The molecule has 1 heterocycles. The van der Waals surface area contributed by atoms with Gasteiger partial charge in [-0.05, 0) is 74.3 Å². The number of amides is 2. The first kappa shape index (κ1) is 21.2. The predicted molar refractivity (Wildman–Crippen MR) is 118 cm³/mol. The fourth-order valence-corrected chi connectivity index (χ4v) is 4.43. The van der Waals surface area contributed by atoms with Crippen LogP contribution in [0.3, 0.4) is 0 Å². The molecular formula is C19H14Br2ClNO4S. The lowest BCUT2D eigenvalue weighted by atomic mass is 10.1. The van der Waals surface area contributed by atoms with Gasteiger partial charge in [0.15, 0.2) is 11.5 Å². The Balaban J connectivity index is 1.95. The first-order valence-corrected chi connectivity index (χ1v) is 10.9. The Bertz CT molecular complexity index is 996. The lowest BCUT2D eigenvalue weighted by molar-refractivity contribution is -0.123. The number of nitrogens with zero attached hydrogens (tertiary/aromatic N) is 1. The molecule has 2 aromatic carbocycles. The van der Waals surface area contributed by atoms with Crippen LogP contribution < -0.4 is 4.74 Å². The Morgan fingerprint density at radius 1 is 1.29 bits per heavy atom. The summed E-state index contributed by atoms with van der Waals surface area (Å²) in [5, 5.41) is 10.6. The standard InChI is InChI=1S/C19H14Br2ClNO4S/c1-2-27-14-8-12(20)16(21)11(17(14)24)7-15-18(25)23(19(26)28-15)9-10-5-3-4-6-13(10)22/h3-8,24H,2,9H2,1H3/b15-7-. The number of hydrogen-bond acceptors (Lipinski definition) is 5. The van der Waals surface area contributed by atoms with Gasteiger partial charge in [0.05, 0.1) is 18.1 Å². The molecular weight excluding hydrogens is 534 g/mol. The normalized spacial score (nSPS) is 15.6. The topological polar surface area (TPSA) is 66.8 Å². The SMILES string of the molecule is CCOc1cc(Br)c(Br)c(/C=C2\SC(=O)N(Cc3ccccc3Cl)C2=O)c1O. The van der Waals surface area contributed by atoms with Crippen LogP contribution in [0.2, 0.25) is 5.02 Å². The zero-order valence-corrected chi connectivity index (χ0v) is 19.3. The molecule has 28 heavy (non-hydrogen) atoms. The maximum atomic E-state index is 12.8. The highest BCUT2D eigenvalue weighted by Gasteiger charge is 2.35. The molecule has 0 aliphatic carbocycles. The second-order valence-electron chi connectivity index (χ2n) is 5.73. The van der Waals surface area contributed by atoms with Gasteiger partial charge in [0, 0.05) is 19.5 Å². The summed E-state index contributed by atoms with van der Waals surface area (Å²) in [6.07, 6.45) is 1.48. The van der Waals surface area contributed by atoms with Crippen LogP contribution in [-0.4, -0.2) is 27.8 Å². The maximum Gasteiger partial charge on any atom is 0.293 e. The van der Waals surface area contributed by atoms with Crippen LogP contribution in [-0.2, 0) is 11.3 Å². The average molecular weight is 548 g/mol. The predicted octanol–water partition coefficient (Wildman–Crippen LogP) is 6.21. The third-order valence-corrected chi connectivity index (χ3v) is 7.22. The van der Waals surface area contributed by atoms with E-state index >= 15 is 0 Å². The third kappa shape index (κ3) is 4.25. The molecule has 0 unspecified atom stereocenters. The van der Waals surface area contributed by atoms with Gasteiger partial charge in [0.25, 0.3) is 11.1 Å². The van der Waals surface area contributed by atoms with Crippen molar-refractivity contribution >= 4 is 72.4 Å². The molecule has 146 valence electrons. The summed E-state index contributed by atoms with van der Waals surface area (Å²) in [6, 6.07) is 8.67. The summed E-state index contributed by atoms with van der Waals surface area (Å²) < 4.78 is 6.62. The van der Waals surface area contributed by atoms with Gasteiger partial charge < -0.3 is 9.84 Å². The highest BCUT2D eigenvalue weighted by molar-refractivity contribution is 9.13. The van der Waals surface area contributed by atoms with Gasteiger partial charge in [0.2, 0.25) is 0 Å². The fraction of sp³-hybridized carbons (Fsp3) is 0.158. The van der Waals surface area contributed by atoms with E-state index in [1.807, 2.05) is 0 Å². The first-order chi connectivity index (χ1) is 13.3. The van der Waals surface area contributed by atoms with Crippen molar-refractivity contribution in [3.63, 3.8) is 0 Å². The molecule has 1 N–H and O–H groups in total. The Hall–Kier alpha value is -1.48. The van der Waals surface area contributed by atoms with E-state index in [0.717, 1.165) is 16.7 Å². The van der Waals surface area contributed by atoms with Crippen molar-refractivity contribution in [2.45, 2.75) is 13.5 Å². The van der Waals surface area contributed by atoms with Crippen molar-refractivity contribution in [2.75, 3.05) is 6.61 Å². The van der Waals surface area contributed by atoms with Crippen LogP contribution in [0.15, 0.2) is 44.2 Å². The van der Waals surface area contributed by atoms with Crippen LogP contribution in [0.5, 0.6) is 11.5 Å². The number of phenolic OH excluding ortho intramolecular Hbond substituents is 1. The van der Waals surface area contributed by atoms with E-state index in [1.165, 1.54) is 6.08 Å². The molecule has 1 fully saturated rings. The molecule has 0 atom stereocenters. The fourth-order valence-electron chi connectivity index (χ4n) is 2.57. The molecule has 1 aliphatic rings. The number of hydrogen-bond donors (Lipinski definition) is 1. The van der Waals surface area contributed by atoms with E-state index in [0.29, 0.717) is 31.7 Å². The largest absolute Gasteiger partial charge is 0.504 e.